The van der Waals surface area contributed by atoms with Crippen LogP contribution in [0.5, 0.6) is 0 Å². The molecule has 83 heavy (non-hydrogen) atoms. The second kappa shape index (κ2) is 41.2. The van der Waals surface area contributed by atoms with Crippen molar-refractivity contribution in [3.8, 4) is 35.8 Å². The smallest absolute Gasteiger partial charge is 0.0717 e. The van der Waals surface area contributed by atoms with Gasteiger partial charge < -0.3 is 0 Å². The van der Waals surface area contributed by atoms with E-state index in [2.05, 4.69) is 230 Å². The lowest BCUT2D eigenvalue weighted by Gasteiger charge is -2.33. The molecule has 16 heteroatoms. The van der Waals surface area contributed by atoms with Crippen LogP contribution in [-0.2, 0) is 5.41 Å². The molecular weight excluding hydrogens is 1320 g/mol. The molecule has 2 aromatic rings. The molecule has 7 rings (SSSR count). The van der Waals surface area contributed by atoms with Crippen LogP contribution in [0.1, 0.15) is 217 Å². The van der Waals surface area contributed by atoms with E-state index >= 15 is 0 Å². The molecule has 0 spiro atoms. The van der Waals surface area contributed by atoms with Crippen LogP contribution in [0.2, 0.25) is 0 Å². The van der Waals surface area contributed by atoms with Crippen LogP contribution in [0.25, 0.3) is 11.1 Å². The van der Waals surface area contributed by atoms with Crippen molar-refractivity contribution in [1.82, 2.24) is 0 Å². The van der Waals surface area contributed by atoms with Gasteiger partial charge in [0.25, 0.3) is 0 Å². The van der Waals surface area contributed by atoms with Crippen LogP contribution in [0.15, 0.2) is 87.2 Å². The summed E-state index contributed by atoms with van der Waals surface area (Å²) < 4.78 is 18.4. The molecule has 1 aliphatic carbocycles. The van der Waals surface area contributed by atoms with Crippen molar-refractivity contribution in [2.45, 2.75) is 200 Å². The van der Waals surface area contributed by atoms with E-state index in [1.165, 1.54) is 245 Å². The molecule has 4 aliphatic heterocycles. The normalized spacial score (nSPS) is 16.7. The molecule has 0 atom stereocenters. The van der Waals surface area contributed by atoms with Crippen LogP contribution >= 0.6 is 188 Å². The minimum absolute atomic E-state index is 0.0782. The molecule has 0 nitrogen and oxygen atoms in total. The van der Waals surface area contributed by atoms with Crippen LogP contribution in [0, 0.1) is 24.7 Å². The monoisotopic (exact) mass is 1410 g/mol. The zero-order valence-corrected chi connectivity index (χ0v) is 63.3. The average Bonchev–Trinajstić information content (AvgIpc) is 4.07. The van der Waals surface area contributed by atoms with E-state index in [1.54, 1.807) is 16.9 Å². The summed E-state index contributed by atoms with van der Waals surface area (Å²) in [7, 11) is 0. The topological polar surface area (TPSA) is 0 Å². The van der Waals surface area contributed by atoms with E-state index in [1.807, 2.05) is 47.0 Å². The van der Waals surface area contributed by atoms with Gasteiger partial charge in [0, 0.05) is 16.5 Å². The van der Waals surface area contributed by atoms with Gasteiger partial charge in [-0.1, -0.05) is 261 Å². The van der Waals surface area contributed by atoms with E-state index in [0.717, 1.165) is 24.0 Å². The Kier molecular flexibility index (Phi) is 35.8. The number of thioether (sulfide) groups is 16. The van der Waals surface area contributed by atoms with Gasteiger partial charge in [0.15, 0.2) is 0 Å². The van der Waals surface area contributed by atoms with Crippen molar-refractivity contribution < 1.29 is 0 Å². The lowest BCUT2D eigenvalue weighted by atomic mass is 9.70. The Morgan fingerprint density at radius 1 is 0.337 bits per heavy atom. The number of hydrogen-bond donors (Lipinski definition) is 0. The minimum atomic E-state index is -0.0782. The molecule has 0 N–H and O–H groups in total. The standard InChI is InChI=1S/C67H90S16/c1-9-15-19-29-41-72-59-60(73-42-30-20-16-10-2)81-65(80-59)63-76-55(68-7)57(78-63)70-45-33-25-23-27-39-67(53-47-49(13-5)35-37-51(53)52-38-36-50(14-6)48-54(52)67)40-28-24-26-34-46-71-58-56(69-8)77-64(79-58)66-82-61(74-43-31-21-17-11-3)62(83-66)75-44-32-22-18-12-4/h5-6,35-38,47-48H,9-12,15-34,39-46H2,1-4,7-8H3. The summed E-state index contributed by atoms with van der Waals surface area (Å²) in [5.41, 5.74) is 7.48. The van der Waals surface area contributed by atoms with Gasteiger partial charge >= 0.3 is 0 Å². The summed E-state index contributed by atoms with van der Waals surface area (Å²) in [5, 5.41) is 0. The predicted molar refractivity (Wildman–Crippen MR) is 416 cm³/mol. The molecule has 0 radical (unpaired) electrons. The lowest BCUT2D eigenvalue weighted by Crippen LogP contribution is -2.26. The number of terminal acetylenes is 2. The zero-order chi connectivity index (χ0) is 58.5. The molecule has 0 unspecified atom stereocenters. The highest BCUT2D eigenvalue weighted by Gasteiger charge is 2.43. The Balaban J connectivity index is 0.907. The number of hydrogen-bond acceptors (Lipinski definition) is 16. The summed E-state index contributed by atoms with van der Waals surface area (Å²) in [4.78, 5) is 0. The molecule has 454 valence electrons. The molecule has 0 saturated carbocycles. The summed E-state index contributed by atoms with van der Waals surface area (Å²) in [5.74, 6) is 13.4. The fraction of sp³-hybridized carbons (Fsp3) is 0.582. The third-order valence-electron chi connectivity index (χ3n) is 14.9. The van der Waals surface area contributed by atoms with Crippen LogP contribution in [0.3, 0.4) is 0 Å². The number of benzene rings is 2. The molecule has 0 amide bonds. The maximum absolute atomic E-state index is 6.15. The molecule has 0 bridgehead atoms. The van der Waals surface area contributed by atoms with Crippen molar-refractivity contribution >= 4 is 188 Å². The minimum Gasteiger partial charge on any atom is -0.121 e. The molecule has 0 fully saturated rings. The van der Waals surface area contributed by atoms with Crippen molar-refractivity contribution in [3.63, 3.8) is 0 Å². The first kappa shape index (κ1) is 72.0. The van der Waals surface area contributed by atoms with Gasteiger partial charge in [0.05, 0.1) is 50.8 Å². The SMILES string of the molecule is C#Cc1ccc2c(c1)C(CCCCCCSC1=C(SC)SC(=C3SC(SCCCCCC)=C(SCCCCCC)S3)S1)(CCCCCCSC1=C(SC)SC(=C3SC(SCCCCCC)=C(SCCCCCC)S3)S1)c1cc(C#C)ccc1-2. The molecule has 0 aromatic heterocycles. The first-order valence-electron chi connectivity index (χ1n) is 30.8. The van der Waals surface area contributed by atoms with Crippen LogP contribution < -0.4 is 0 Å². The maximum atomic E-state index is 6.15. The second-order valence-corrected chi connectivity index (χ2v) is 40.8. The van der Waals surface area contributed by atoms with Crippen molar-refractivity contribution in [2.24, 2.45) is 0 Å². The fourth-order valence-electron chi connectivity index (χ4n) is 10.4. The largest absolute Gasteiger partial charge is 0.121 e. The van der Waals surface area contributed by atoms with E-state index in [-0.39, 0.29) is 5.41 Å². The van der Waals surface area contributed by atoms with Gasteiger partial charge in [0.1, 0.15) is 0 Å². The third-order valence-corrected chi connectivity index (χ3v) is 38.3. The van der Waals surface area contributed by atoms with E-state index in [9.17, 15) is 0 Å². The van der Waals surface area contributed by atoms with Gasteiger partial charge in [-0.2, -0.15) is 0 Å². The third kappa shape index (κ3) is 22.4. The first-order valence-corrected chi connectivity index (χ1v) is 45.7. The van der Waals surface area contributed by atoms with E-state index < -0.39 is 0 Å². The van der Waals surface area contributed by atoms with Crippen molar-refractivity contribution in [1.29, 1.82) is 0 Å². The maximum Gasteiger partial charge on any atom is 0.0717 e. The molecular formula is C67H90S16. The Morgan fingerprint density at radius 2 is 0.590 bits per heavy atom. The summed E-state index contributed by atoms with van der Waals surface area (Å²) in [6.45, 7) is 9.25. The highest BCUT2D eigenvalue weighted by atomic mass is 32.3. The quantitative estimate of drug-likeness (QED) is 0.0457. The second-order valence-electron chi connectivity index (χ2n) is 21.2. The molecule has 0 saturated heterocycles. The van der Waals surface area contributed by atoms with Crippen molar-refractivity contribution in [2.75, 3.05) is 47.0 Å². The van der Waals surface area contributed by atoms with E-state index in [4.69, 9.17) is 12.8 Å². The predicted octanol–water partition coefficient (Wildman–Crippen LogP) is 27.9. The van der Waals surface area contributed by atoms with Crippen LogP contribution in [-0.4, -0.2) is 47.0 Å². The fourth-order valence-corrected chi connectivity index (χ4v) is 34.0. The van der Waals surface area contributed by atoms with Gasteiger partial charge in [-0.3, -0.25) is 0 Å². The number of unbranched alkanes of at least 4 members (excludes halogenated alkanes) is 18. The summed E-state index contributed by atoms with van der Waals surface area (Å²) in [6, 6.07) is 13.6. The van der Waals surface area contributed by atoms with E-state index in [0.29, 0.717) is 0 Å². The molecule has 4 heterocycles. The lowest BCUT2D eigenvalue weighted by molar-refractivity contribution is 0.401. The molecule has 2 aromatic carbocycles. The van der Waals surface area contributed by atoms with Gasteiger partial charge in [-0.05, 0) is 145 Å². The summed E-state index contributed by atoms with van der Waals surface area (Å²) in [6.07, 6.45) is 50.4. The summed E-state index contributed by atoms with van der Waals surface area (Å²) >= 11 is 33.1. The van der Waals surface area contributed by atoms with Crippen molar-refractivity contribution in [3.05, 3.63) is 109 Å². The average molecular weight is 1410 g/mol. The van der Waals surface area contributed by atoms with Gasteiger partial charge in [0.2, 0.25) is 0 Å². The first-order chi connectivity index (χ1) is 40.8. The Morgan fingerprint density at radius 3 is 0.855 bits per heavy atom. The Hall–Kier alpha value is 1.60. The van der Waals surface area contributed by atoms with Crippen LogP contribution in [0.4, 0.5) is 0 Å². The number of rotatable bonds is 42. The highest BCUT2D eigenvalue weighted by molar-refractivity contribution is 8.46. The van der Waals surface area contributed by atoms with Gasteiger partial charge in [-0.25, -0.2) is 0 Å². The van der Waals surface area contributed by atoms with Gasteiger partial charge in [-0.15, -0.1) is 107 Å². The Labute approximate surface area is 573 Å². The highest BCUT2D eigenvalue weighted by Crippen LogP contribution is 2.68. The molecule has 5 aliphatic rings. The zero-order valence-electron chi connectivity index (χ0n) is 50.3. The number of fused-ring (bicyclic) bond motifs is 3. The Bertz CT molecular complexity index is 2440.